The second-order valence-corrected chi connectivity index (χ2v) is 8.28. The number of allylic oxidation sites excluding steroid dienone is 2. The standard InChI is InChI=1S/C23H29NO4/c1-14(2)24(22(26)18-10-9-15(3)11-21(18)25)20-13-17(12-19(20)23(27)28)16-7-5-4-6-8-16/h4-8,13-15,18,21,25H,9-12H2,1-3H3,(H,27,28). The van der Waals surface area contributed by atoms with Gasteiger partial charge in [-0.15, -0.1) is 0 Å². The van der Waals surface area contributed by atoms with Crippen LogP contribution in [0.1, 0.15) is 52.0 Å². The minimum absolute atomic E-state index is 0.172. The van der Waals surface area contributed by atoms with E-state index >= 15 is 0 Å². The van der Waals surface area contributed by atoms with Crippen LogP contribution in [-0.2, 0) is 9.59 Å². The number of carboxylic acids is 1. The van der Waals surface area contributed by atoms with Crippen molar-refractivity contribution in [3.05, 3.63) is 53.2 Å². The first-order chi connectivity index (χ1) is 13.3. The van der Waals surface area contributed by atoms with E-state index < -0.39 is 18.0 Å². The molecule has 1 saturated carbocycles. The van der Waals surface area contributed by atoms with Crippen molar-refractivity contribution in [3.8, 4) is 0 Å². The Balaban J connectivity index is 1.96. The number of hydrogen-bond donors (Lipinski definition) is 2. The van der Waals surface area contributed by atoms with Gasteiger partial charge in [0.15, 0.2) is 0 Å². The Hall–Kier alpha value is -2.40. The van der Waals surface area contributed by atoms with Crippen LogP contribution in [0, 0.1) is 11.8 Å². The highest BCUT2D eigenvalue weighted by atomic mass is 16.4. The predicted molar refractivity (Wildman–Crippen MR) is 108 cm³/mol. The zero-order valence-corrected chi connectivity index (χ0v) is 16.8. The molecule has 5 nitrogen and oxygen atoms in total. The Labute approximate surface area is 166 Å². The predicted octanol–water partition coefficient (Wildman–Crippen LogP) is 3.85. The zero-order chi connectivity index (χ0) is 20.4. The van der Waals surface area contributed by atoms with E-state index in [9.17, 15) is 19.8 Å². The molecule has 0 aliphatic heterocycles. The minimum Gasteiger partial charge on any atom is -0.478 e. The first kappa shape index (κ1) is 20.3. The van der Waals surface area contributed by atoms with E-state index in [-0.39, 0.29) is 23.9 Å². The molecule has 0 radical (unpaired) electrons. The molecule has 1 amide bonds. The average molecular weight is 383 g/mol. The lowest BCUT2D eigenvalue weighted by atomic mass is 9.80. The van der Waals surface area contributed by atoms with Crippen molar-refractivity contribution in [2.75, 3.05) is 0 Å². The van der Waals surface area contributed by atoms with E-state index in [1.54, 1.807) is 4.90 Å². The van der Waals surface area contributed by atoms with Gasteiger partial charge in [0.2, 0.25) is 5.91 Å². The van der Waals surface area contributed by atoms with E-state index in [2.05, 4.69) is 6.92 Å². The van der Waals surface area contributed by atoms with Crippen LogP contribution in [0.3, 0.4) is 0 Å². The topological polar surface area (TPSA) is 77.8 Å². The molecule has 0 saturated heterocycles. The van der Waals surface area contributed by atoms with Gasteiger partial charge in [-0.05, 0) is 56.2 Å². The quantitative estimate of drug-likeness (QED) is 0.810. The molecule has 3 rings (SSSR count). The maximum Gasteiger partial charge on any atom is 0.334 e. The first-order valence-electron chi connectivity index (χ1n) is 10.0. The van der Waals surface area contributed by atoms with E-state index in [1.807, 2.05) is 50.3 Å². The largest absolute Gasteiger partial charge is 0.478 e. The van der Waals surface area contributed by atoms with Crippen LogP contribution in [0.2, 0.25) is 0 Å². The van der Waals surface area contributed by atoms with Crippen LogP contribution >= 0.6 is 0 Å². The highest BCUT2D eigenvalue weighted by Gasteiger charge is 2.38. The van der Waals surface area contributed by atoms with Crippen LogP contribution < -0.4 is 0 Å². The number of carbonyl (C=O) groups is 2. The smallest absolute Gasteiger partial charge is 0.334 e. The number of nitrogens with zero attached hydrogens (tertiary/aromatic N) is 1. The van der Waals surface area contributed by atoms with Crippen molar-refractivity contribution < 1.29 is 19.8 Å². The summed E-state index contributed by atoms with van der Waals surface area (Å²) in [5.41, 5.74) is 2.54. The molecular weight excluding hydrogens is 354 g/mol. The van der Waals surface area contributed by atoms with Crippen molar-refractivity contribution in [2.24, 2.45) is 11.8 Å². The molecule has 0 bridgehead atoms. The van der Waals surface area contributed by atoms with E-state index in [0.717, 1.165) is 17.6 Å². The van der Waals surface area contributed by atoms with Gasteiger partial charge in [-0.3, -0.25) is 4.79 Å². The molecule has 0 heterocycles. The second kappa shape index (κ2) is 8.31. The molecule has 1 fully saturated rings. The summed E-state index contributed by atoms with van der Waals surface area (Å²) in [6.45, 7) is 5.86. The fourth-order valence-corrected chi connectivity index (χ4v) is 4.29. The fourth-order valence-electron chi connectivity index (χ4n) is 4.29. The monoisotopic (exact) mass is 383 g/mol. The molecule has 2 aliphatic rings. The average Bonchev–Trinajstić information content (AvgIpc) is 3.07. The summed E-state index contributed by atoms with van der Waals surface area (Å²) in [5, 5.41) is 20.3. The van der Waals surface area contributed by atoms with Crippen molar-refractivity contribution in [1.82, 2.24) is 4.90 Å². The van der Waals surface area contributed by atoms with Gasteiger partial charge < -0.3 is 15.1 Å². The number of carboxylic acid groups (broad SMARTS) is 1. The van der Waals surface area contributed by atoms with Crippen LogP contribution in [0.4, 0.5) is 0 Å². The molecule has 150 valence electrons. The molecule has 1 aromatic carbocycles. The summed E-state index contributed by atoms with van der Waals surface area (Å²) in [4.78, 5) is 26.9. The summed E-state index contributed by atoms with van der Waals surface area (Å²) in [6.07, 6.45) is 3.58. The van der Waals surface area contributed by atoms with Gasteiger partial charge in [0.05, 0.1) is 23.3 Å². The lowest BCUT2D eigenvalue weighted by Crippen LogP contribution is -2.46. The third kappa shape index (κ3) is 4.04. The molecule has 0 spiro atoms. The van der Waals surface area contributed by atoms with Crippen molar-refractivity contribution >= 4 is 17.4 Å². The summed E-state index contributed by atoms with van der Waals surface area (Å²) in [7, 11) is 0. The molecule has 0 aromatic heterocycles. The SMILES string of the molecule is CC1CCC(C(=O)N(C2=C(C(=O)O)CC(c3ccccc3)=C2)C(C)C)C(O)C1. The van der Waals surface area contributed by atoms with E-state index in [0.29, 0.717) is 24.5 Å². The molecule has 3 unspecified atom stereocenters. The molecular formula is C23H29NO4. The fraction of sp³-hybridized carbons (Fsp3) is 0.478. The summed E-state index contributed by atoms with van der Waals surface area (Å²) < 4.78 is 0. The second-order valence-electron chi connectivity index (χ2n) is 8.28. The van der Waals surface area contributed by atoms with Gasteiger partial charge in [0, 0.05) is 12.5 Å². The lowest BCUT2D eigenvalue weighted by molar-refractivity contribution is -0.140. The highest BCUT2D eigenvalue weighted by Crippen LogP contribution is 2.37. The van der Waals surface area contributed by atoms with E-state index in [4.69, 9.17) is 0 Å². The number of hydrogen-bond acceptors (Lipinski definition) is 3. The highest BCUT2D eigenvalue weighted by molar-refractivity contribution is 5.97. The van der Waals surface area contributed by atoms with Crippen molar-refractivity contribution in [1.29, 1.82) is 0 Å². The summed E-state index contributed by atoms with van der Waals surface area (Å²) in [6, 6.07) is 9.44. The van der Waals surface area contributed by atoms with Gasteiger partial charge in [-0.1, -0.05) is 37.3 Å². The van der Waals surface area contributed by atoms with Crippen LogP contribution in [0.25, 0.3) is 5.57 Å². The molecule has 3 atom stereocenters. The number of aliphatic hydroxyl groups is 1. The van der Waals surface area contributed by atoms with Gasteiger partial charge >= 0.3 is 5.97 Å². The molecule has 2 aliphatic carbocycles. The van der Waals surface area contributed by atoms with Crippen molar-refractivity contribution in [3.63, 3.8) is 0 Å². The maximum atomic E-state index is 13.4. The molecule has 2 N–H and O–H groups in total. The van der Waals surface area contributed by atoms with Crippen LogP contribution in [0.5, 0.6) is 0 Å². The number of rotatable bonds is 5. The third-order valence-corrected chi connectivity index (χ3v) is 5.80. The van der Waals surface area contributed by atoms with Gasteiger partial charge in [-0.25, -0.2) is 4.79 Å². The molecule has 5 heteroatoms. The summed E-state index contributed by atoms with van der Waals surface area (Å²) in [5.74, 6) is -1.26. The molecule has 1 aromatic rings. The normalized spacial score (nSPS) is 25.0. The first-order valence-corrected chi connectivity index (χ1v) is 10.0. The maximum absolute atomic E-state index is 13.4. The Morgan fingerprint density at radius 3 is 2.39 bits per heavy atom. The third-order valence-electron chi connectivity index (χ3n) is 5.80. The summed E-state index contributed by atoms with van der Waals surface area (Å²) >= 11 is 0. The molecule has 28 heavy (non-hydrogen) atoms. The number of aliphatic hydroxyl groups excluding tert-OH is 1. The Bertz CT molecular complexity index is 809. The van der Waals surface area contributed by atoms with Crippen molar-refractivity contribution in [2.45, 2.75) is 58.6 Å². The number of benzene rings is 1. The van der Waals surface area contributed by atoms with Crippen LogP contribution in [-0.4, -0.2) is 39.1 Å². The van der Waals surface area contributed by atoms with Gasteiger partial charge in [0.25, 0.3) is 0 Å². The van der Waals surface area contributed by atoms with Gasteiger partial charge in [-0.2, -0.15) is 0 Å². The Morgan fingerprint density at radius 2 is 1.82 bits per heavy atom. The number of amides is 1. The Kier molecular flexibility index (Phi) is 6.04. The van der Waals surface area contributed by atoms with Crippen LogP contribution in [0.15, 0.2) is 47.7 Å². The number of aliphatic carboxylic acids is 1. The van der Waals surface area contributed by atoms with E-state index in [1.165, 1.54) is 0 Å². The zero-order valence-electron chi connectivity index (χ0n) is 16.8. The lowest BCUT2D eigenvalue weighted by Gasteiger charge is -2.36. The van der Waals surface area contributed by atoms with Gasteiger partial charge in [0.1, 0.15) is 0 Å². The minimum atomic E-state index is -1.01. The Morgan fingerprint density at radius 1 is 1.14 bits per heavy atom. The number of carbonyl (C=O) groups excluding carboxylic acids is 1.